The molecule has 1 aromatic heterocycles. The number of nitrogens with zero attached hydrogens (tertiary/aromatic N) is 2. The van der Waals surface area contributed by atoms with Crippen molar-refractivity contribution in [2.75, 3.05) is 6.54 Å². The fraction of sp³-hybridized carbons (Fsp3) is 0.467. The molecule has 6 heteroatoms. The van der Waals surface area contributed by atoms with Crippen molar-refractivity contribution in [3.63, 3.8) is 0 Å². The Morgan fingerprint density at radius 1 is 1.38 bits per heavy atom. The first-order valence-electron chi connectivity index (χ1n) is 6.96. The SMILES string of the molecule is CC(C)CC(CN)c1nc(Cc2ccc(F)cc2Cl)no1. The van der Waals surface area contributed by atoms with Gasteiger partial charge in [-0.1, -0.05) is 36.7 Å². The lowest BCUT2D eigenvalue weighted by Crippen LogP contribution is -2.15. The molecule has 0 bridgehead atoms. The zero-order valence-corrected chi connectivity index (χ0v) is 12.9. The summed E-state index contributed by atoms with van der Waals surface area (Å²) in [6.45, 7) is 4.72. The van der Waals surface area contributed by atoms with Gasteiger partial charge in [-0.05, 0) is 30.0 Å². The zero-order chi connectivity index (χ0) is 15.4. The van der Waals surface area contributed by atoms with E-state index in [0.29, 0.717) is 35.6 Å². The molecule has 0 saturated carbocycles. The predicted octanol–water partition coefficient (Wildman–Crippen LogP) is 3.54. The molecule has 0 aliphatic rings. The lowest BCUT2D eigenvalue weighted by molar-refractivity contribution is 0.332. The normalized spacial score (nSPS) is 12.9. The number of nitrogens with two attached hydrogens (primary N) is 1. The van der Waals surface area contributed by atoms with Crippen molar-refractivity contribution >= 4 is 11.6 Å². The van der Waals surface area contributed by atoms with Crippen molar-refractivity contribution < 1.29 is 8.91 Å². The fourth-order valence-corrected chi connectivity index (χ4v) is 2.44. The Bertz CT molecular complexity index is 600. The molecular weight excluding hydrogens is 293 g/mol. The van der Waals surface area contributed by atoms with Gasteiger partial charge < -0.3 is 10.3 Å². The molecule has 1 atom stereocenters. The van der Waals surface area contributed by atoms with Crippen LogP contribution in [0.3, 0.4) is 0 Å². The molecule has 0 amide bonds. The maximum Gasteiger partial charge on any atom is 0.231 e. The Morgan fingerprint density at radius 2 is 2.14 bits per heavy atom. The van der Waals surface area contributed by atoms with E-state index in [4.69, 9.17) is 21.9 Å². The second kappa shape index (κ2) is 7.00. The lowest BCUT2D eigenvalue weighted by atomic mass is 9.97. The zero-order valence-electron chi connectivity index (χ0n) is 12.1. The minimum Gasteiger partial charge on any atom is -0.339 e. The van der Waals surface area contributed by atoms with Crippen LogP contribution in [-0.2, 0) is 6.42 Å². The van der Waals surface area contributed by atoms with Crippen molar-refractivity contribution in [1.82, 2.24) is 10.1 Å². The molecule has 0 saturated heterocycles. The molecule has 2 rings (SSSR count). The molecule has 2 N–H and O–H groups in total. The molecule has 0 fully saturated rings. The molecule has 0 aliphatic heterocycles. The summed E-state index contributed by atoms with van der Waals surface area (Å²) in [6.07, 6.45) is 1.30. The van der Waals surface area contributed by atoms with Crippen LogP contribution < -0.4 is 5.73 Å². The van der Waals surface area contributed by atoms with Gasteiger partial charge in [-0.15, -0.1) is 0 Å². The highest BCUT2D eigenvalue weighted by Crippen LogP contribution is 2.23. The first-order valence-corrected chi connectivity index (χ1v) is 7.33. The van der Waals surface area contributed by atoms with Gasteiger partial charge in [-0.3, -0.25) is 0 Å². The minimum absolute atomic E-state index is 0.0648. The van der Waals surface area contributed by atoms with E-state index in [2.05, 4.69) is 24.0 Å². The second-order valence-corrected chi connectivity index (χ2v) is 5.93. The van der Waals surface area contributed by atoms with E-state index in [1.165, 1.54) is 12.1 Å². The van der Waals surface area contributed by atoms with Crippen molar-refractivity contribution in [2.24, 2.45) is 11.7 Å². The van der Waals surface area contributed by atoms with Crippen molar-refractivity contribution in [2.45, 2.75) is 32.6 Å². The van der Waals surface area contributed by atoms with Gasteiger partial charge in [-0.25, -0.2) is 4.39 Å². The van der Waals surface area contributed by atoms with E-state index < -0.39 is 0 Å². The third kappa shape index (κ3) is 4.25. The van der Waals surface area contributed by atoms with Gasteiger partial charge in [-0.2, -0.15) is 4.98 Å². The summed E-state index contributed by atoms with van der Waals surface area (Å²) in [5.74, 6) is 1.29. The number of hydrogen-bond acceptors (Lipinski definition) is 4. The van der Waals surface area contributed by atoms with Crippen LogP contribution in [0.4, 0.5) is 4.39 Å². The standard InChI is InChI=1S/C15H19ClFN3O/c1-9(2)5-11(8-18)15-19-14(20-21-15)6-10-3-4-12(17)7-13(10)16/h3-4,7,9,11H,5-6,8,18H2,1-2H3. The highest BCUT2D eigenvalue weighted by atomic mass is 35.5. The summed E-state index contributed by atoms with van der Waals surface area (Å²) in [5.41, 5.74) is 6.53. The number of hydrogen-bond donors (Lipinski definition) is 1. The predicted molar refractivity (Wildman–Crippen MR) is 79.8 cm³/mol. The Kier molecular flexibility index (Phi) is 5.31. The van der Waals surface area contributed by atoms with E-state index in [0.717, 1.165) is 12.0 Å². The Hall–Kier alpha value is -1.46. The second-order valence-electron chi connectivity index (χ2n) is 5.52. The Labute approximate surface area is 128 Å². The third-order valence-corrected chi connectivity index (χ3v) is 3.59. The van der Waals surface area contributed by atoms with Crippen LogP contribution in [0.2, 0.25) is 5.02 Å². The van der Waals surface area contributed by atoms with Gasteiger partial charge in [0.25, 0.3) is 0 Å². The molecule has 1 heterocycles. The third-order valence-electron chi connectivity index (χ3n) is 3.24. The first kappa shape index (κ1) is 15.9. The Balaban J connectivity index is 2.12. The number of benzene rings is 1. The summed E-state index contributed by atoms with van der Waals surface area (Å²) < 4.78 is 18.3. The molecule has 4 nitrogen and oxygen atoms in total. The summed E-state index contributed by atoms with van der Waals surface area (Å²) >= 11 is 6.00. The van der Waals surface area contributed by atoms with Crippen molar-refractivity contribution in [3.8, 4) is 0 Å². The van der Waals surface area contributed by atoms with E-state index in [1.807, 2.05) is 0 Å². The summed E-state index contributed by atoms with van der Waals surface area (Å²) in [5, 5.41) is 4.32. The maximum atomic E-state index is 13.0. The monoisotopic (exact) mass is 311 g/mol. The maximum absolute atomic E-state index is 13.0. The van der Waals surface area contributed by atoms with Crippen LogP contribution >= 0.6 is 11.6 Å². The molecule has 1 aromatic carbocycles. The number of halogens is 2. The average Bonchev–Trinajstić information content (AvgIpc) is 2.87. The van der Waals surface area contributed by atoms with Gasteiger partial charge in [0.05, 0.1) is 5.92 Å². The highest BCUT2D eigenvalue weighted by molar-refractivity contribution is 6.31. The number of rotatable bonds is 6. The lowest BCUT2D eigenvalue weighted by Gasteiger charge is -2.11. The van der Waals surface area contributed by atoms with Crippen LogP contribution in [0.25, 0.3) is 0 Å². The number of aromatic nitrogens is 2. The van der Waals surface area contributed by atoms with Crippen molar-refractivity contribution in [1.29, 1.82) is 0 Å². The molecule has 114 valence electrons. The van der Waals surface area contributed by atoms with Gasteiger partial charge in [0.2, 0.25) is 5.89 Å². The van der Waals surface area contributed by atoms with E-state index >= 15 is 0 Å². The van der Waals surface area contributed by atoms with Crippen LogP contribution in [0.5, 0.6) is 0 Å². The van der Waals surface area contributed by atoms with Crippen LogP contribution in [0.15, 0.2) is 22.7 Å². The van der Waals surface area contributed by atoms with Crippen LogP contribution in [0.1, 0.15) is 43.5 Å². The average molecular weight is 312 g/mol. The highest BCUT2D eigenvalue weighted by Gasteiger charge is 2.19. The summed E-state index contributed by atoms with van der Waals surface area (Å²) in [4.78, 5) is 4.38. The van der Waals surface area contributed by atoms with Gasteiger partial charge in [0.1, 0.15) is 5.82 Å². The molecule has 0 aliphatic carbocycles. The minimum atomic E-state index is -0.363. The molecule has 0 radical (unpaired) electrons. The molecule has 1 unspecified atom stereocenters. The topological polar surface area (TPSA) is 64.9 Å². The molecular formula is C15H19ClFN3O. The summed E-state index contributed by atoms with van der Waals surface area (Å²) in [7, 11) is 0. The molecule has 21 heavy (non-hydrogen) atoms. The quantitative estimate of drug-likeness (QED) is 0.886. The Morgan fingerprint density at radius 3 is 2.76 bits per heavy atom. The molecule has 2 aromatic rings. The van der Waals surface area contributed by atoms with Crippen LogP contribution in [-0.4, -0.2) is 16.7 Å². The van der Waals surface area contributed by atoms with Crippen LogP contribution in [0, 0.1) is 11.7 Å². The van der Waals surface area contributed by atoms with Gasteiger partial charge >= 0.3 is 0 Å². The van der Waals surface area contributed by atoms with Crippen molar-refractivity contribution in [3.05, 3.63) is 46.3 Å². The summed E-state index contributed by atoms with van der Waals surface area (Å²) in [6, 6.07) is 4.27. The smallest absolute Gasteiger partial charge is 0.231 e. The first-order chi connectivity index (χ1) is 9.99. The van der Waals surface area contributed by atoms with E-state index in [9.17, 15) is 4.39 Å². The molecule has 0 spiro atoms. The van der Waals surface area contributed by atoms with E-state index in [1.54, 1.807) is 6.07 Å². The largest absolute Gasteiger partial charge is 0.339 e. The fourth-order valence-electron chi connectivity index (χ4n) is 2.21. The van der Waals surface area contributed by atoms with E-state index in [-0.39, 0.29) is 11.7 Å². The van der Waals surface area contributed by atoms with Gasteiger partial charge in [0, 0.05) is 18.0 Å². The van der Waals surface area contributed by atoms with Gasteiger partial charge in [0.15, 0.2) is 5.82 Å².